The van der Waals surface area contributed by atoms with Gasteiger partial charge >= 0.3 is 0 Å². The Kier molecular flexibility index (Phi) is 4.46. The lowest BCUT2D eigenvalue weighted by Crippen LogP contribution is -2.40. The van der Waals surface area contributed by atoms with Crippen molar-refractivity contribution in [3.05, 3.63) is 40.7 Å². The number of aliphatic hydroxyl groups is 1. The van der Waals surface area contributed by atoms with Crippen LogP contribution < -0.4 is 5.32 Å². The zero-order valence-corrected chi connectivity index (χ0v) is 13.8. The molecule has 0 radical (unpaired) electrons. The monoisotopic (exact) mass is 334 g/mol. The molecule has 1 fully saturated rings. The minimum Gasteiger partial charge on any atom is -0.388 e. The van der Waals surface area contributed by atoms with Crippen LogP contribution in [0, 0.1) is 12.7 Å². The fourth-order valence-electron chi connectivity index (χ4n) is 2.86. The van der Waals surface area contributed by atoms with Gasteiger partial charge in [0, 0.05) is 12.1 Å². The molecule has 1 amide bonds. The van der Waals surface area contributed by atoms with Crippen LogP contribution in [0.25, 0.3) is 10.6 Å². The smallest absolute Gasteiger partial charge is 0.263 e. The van der Waals surface area contributed by atoms with E-state index < -0.39 is 5.60 Å². The van der Waals surface area contributed by atoms with Crippen LogP contribution in [0.2, 0.25) is 0 Å². The quantitative estimate of drug-likeness (QED) is 0.902. The number of hydrogen-bond acceptors (Lipinski definition) is 4. The summed E-state index contributed by atoms with van der Waals surface area (Å²) in [5.74, 6) is -0.515. The summed E-state index contributed by atoms with van der Waals surface area (Å²) in [5, 5.41) is 13.8. The van der Waals surface area contributed by atoms with E-state index in [1.54, 1.807) is 19.1 Å². The maximum atomic E-state index is 13.0. The van der Waals surface area contributed by atoms with E-state index in [1.165, 1.54) is 23.5 Å². The second-order valence-electron chi connectivity index (χ2n) is 6.05. The highest BCUT2D eigenvalue weighted by atomic mass is 32.1. The van der Waals surface area contributed by atoms with Crippen LogP contribution in [0.3, 0.4) is 0 Å². The van der Waals surface area contributed by atoms with Gasteiger partial charge in [-0.15, -0.1) is 11.3 Å². The molecular formula is C17H19FN2O2S. The van der Waals surface area contributed by atoms with Crippen molar-refractivity contribution in [1.82, 2.24) is 10.3 Å². The summed E-state index contributed by atoms with van der Waals surface area (Å²) in [4.78, 5) is 17.3. The lowest BCUT2D eigenvalue weighted by molar-refractivity contribution is 0.0450. The number of amides is 1. The van der Waals surface area contributed by atoms with Gasteiger partial charge in [0.25, 0.3) is 5.91 Å². The molecule has 0 unspecified atom stereocenters. The molecule has 122 valence electrons. The van der Waals surface area contributed by atoms with E-state index in [2.05, 4.69) is 10.3 Å². The summed E-state index contributed by atoms with van der Waals surface area (Å²) in [6.45, 7) is 2.05. The highest BCUT2D eigenvalue weighted by Gasteiger charge is 2.31. The molecule has 0 aliphatic heterocycles. The number of carbonyl (C=O) groups is 1. The molecule has 23 heavy (non-hydrogen) atoms. The van der Waals surface area contributed by atoms with Gasteiger partial charge in [-0.25, -0.2) is 9.37 Å². The molecule has 1 aliphatic carbocycles. The number of hydrogen-bond donors (Lipinski definition) is 2. The first kappa shape index (κ1) is 16.1. The van der Waals surface area contributed by atoms with Gasteiger partial charge in [0.15, 0.2) is 0 Å². The van der Waals surface area contributed by atoms with E-state index in [0.717, 1.165) is 31.2 Å². The summed E-state index contributed by atoms with van der Waals surface area (Å²) in [6.07, 6.45) is 3.47. The average molecular weight is 334 g/mol. The highest BCUT2D eigenvalue weighted by Crippen LogP contribution is 2.30. The Balaban J connectivity index is 1.72. The van der Waals surface area contributed by atoms with E-state index >= 15 is 0 Å². The van der Waals surface area contributed by atoms with E-state index in [4.69, 9.17) is 0 Å². The third-order valence-electron chi connectivity index (χ3n) is 4.21. The second-order valence-corrected chi connectivity index (χ2v) is 7.05. The van der Waals surface area contributed by atoms with E-state index in [1.807, 2.05) is 0 Å². The predicted octanol–water partition coefficient (Wildman–Crippen LogP) is 3.29. The molecule has 1 aromatic carbocycles. The van der Waals surface area contributed by atoms with E-state index in [0.29, 0.717) is 15.6 Å². The summed E-state index contributed by atoms with van der Waals surface area (Å²) >= 11 is 1.28. The molecule has 0 spiro atoms. The minimum absolute atomic E-state index is 0.214. The Morgan fingerprint density at radius 2 is 2.00 bits per heavy atom. The van der Waals surface area contributed by atoms with Crippen LogP contribution in [-0.4, -0.2) is 28.1 Å². The van der Waals surface area contributed by atoms with E-state index in [9.17, 15) is 14.3 Å². The van der Waals surface area contributed by atoms with Crippen LogP contribution in [0.15, 0.2) is 24.3 Å². The number of thiazole rings is 1. The first-order valence-electron chi connectivity index (χ1n) is 7.71. The van der Waals surface area contributed by atoms with Crippen LogP contribution in [0.4, 0.5) is 4.39 Å². The van der Waals surface area contributed by atoms with Gasteiger partial charge in [0.1, 0.15) is 15.7 Å². The van der Waals surface area contributed by atoms with Crippen molar-refractivity contribution >= 4 is 17.2 Å². The number of aryl methyl sites for hydroxylation is 1. The number of rotatable bonds is 4. The van der Waals surface area contributed by atoms with Crippen LogP contribution in [0.5, 0.6) is 0 Å². The Hall–Kier alpha value is -1.79. The average Bonchev–Trinajstić information content (AvgIpc) is 3.13. The number of carbonyl (C=O) groups excluding carboxylic acids is 1. The maximum absolute atomic E-state index is 13.0. The molecule has 2 aromatic rings. The molecule has 1 aromatic heterocycles. The third kappa shape index (κ3) is 3.59. The highest BCUT2D eigenvalue weighted by molar-refractivity contribution is 7.17. The van der Waals surface area contributed by atoms with E-state index in [-0.39, 0.29) is 18.3 Å². The molecule has 6 heteroatoms. The molecule has 4 nitrogen and oxygen atoms in total. The van der Waals surface area contributed by atoms with Crippen molar-refractivity contribution in [2.24, 2.45) is 0 Å². The molecule has 1 saturated carbocycles. The maximum Gasteiger partial charge on any atom is 0.263 e. The molecule has 1 aliphatic rings. The zero-order chi connectivity index (χ0) is 16.4. The van der Waals surface area contributed by atoms with Crippen molar-refractivity contribution in [3.63, 3.8) is 0 Å². The molecule has 2 N–H and O–H groups in total. The van der Waals surface area contributed by atoms with Crippen LogP contribution >= 0.6 is 11.3 Å². The number of halogens is 1. The number of nitrogens with zero attached hydrogens (tertiary/aromatic N) is 1. The van der Waals surface area contributed by atoms with Crippen molar-refractivity contribution in [2.75, 3.05) is 6.54 Å². The summed E-state index contributed by atoms with van der Waals surface area (Å²) < 4.78 is 13.0. The molecular weight excluding hydrogens is 315 g/mol. The molecule has 0 atom stereocenters. The molecule has 0 saturated heterocycles. The zero-order valence-electron chi connectivity index (χ0n) is 12.9. The summed E-state index contributed by atoms with van der Waals surface area (Å²) in [7, 11) is 0. The Morgan fingerprint density at radius 3 is 2.65 bits per heavy atom. The fourth-order valence-corrected chi connectivity index (χ4v) is 3.85. The number of benzene rings is 1. The number of aromatic nitrogens is 1. The summed E-state index contributed by atoms with van der Waals surface area (Å²) in [5.41, 5.74) is 0.659. The van der Waals surface area contributed by atoms with Gasteiger partial charge in [-0.1, -0.05) is 12.8 Å². The standard InChI is InChI=1S/C17H19FN2O2S/c1-11-14(15(21)19-10-17(22)8-2-3-9-17)23-16(20-11)12-4-6-13(18)7-5-12/h4-7,22H,2-3,8-10H2,1H3,(H,19,21). The SMILES string of the molecule is Cc1nc(-c2ccc(F)cc2)sc1C(=O)NCC1(O)CCCC1. The van der Waals surface area contributed by atoms with Crippen LogP contribution in [0.1, 0.15) is 41.0 Å². The lowest BCUT2D eigenvalue weighted by Gasteiger charge is -2.22. The van der Waals surface area contributed by atoms with Gasteiger partial charge in [0.05, 0.1) is 11.3 Å². The van der Waals surface area contributed by atoms with Gasteiger partial charge < -0.3 is 10.4 Å². The normalized spacial score (nSPS) is 16.5. The largest absolute Gasteiger partial charge is 0.388 e. The Bertz CT molecular complexity index is 706. The first-order chi connectivity index (χ1) is 11.0. The second kappa shape index (κ2) is 6.37. The van der Waals surface area contributed by atoms with Gasteiger partial charge in [-0.05, 0) is 44.0 Å². The predicted molar refractivity (Wildman–Crippen MR) is 88.0 cm³/mol. The molecule has 1 heterocycles. The van der Waals surface area contributed by atoms with Crippen molar-refractivity contribution in [1.29, 1.82) is 0 Å². The van der Waals surface area contributed by atoms with Crippen molar-refractivity contribution in [2.45, 2.75) is 38.2 Å². The Morgan fingerprint density at radius 1 is 1.35 bits per heavy atom. The number of nitrogens with one attached hydrogen (secondary N) is 1. The van der Waals surface area contributed by atoms with Crippen molar-refractivity contribution < 1.29 is 14.3 Å². The minimum atomic E-state index is -0.770. The lowest BCUT2D eigenvalue weighted by atomic mass is 10.0. The molecule has 3 rings (SSSR count). The topological polar surface area (TPSA) is 62.2 Å². The fraction of sp³-hybridized carbons (Fsp3) is 0.412. The third-order valence-corrected chi connectivity index (χ3v) is 5.41. The Labute approximate surface area is 138 Å². The molecule has 0 bridgehead atoms. The van der Waals surface area contributed by atoms with Gasteiger partial charge in [-0.2, -0.15) is 0 Å². The van der Waals surface area contributed by atoms with Crippen LogP contribution in [-0.2, 0) is 0 Å². The van der Waals surface area contributed by atoms with Gasteiger partial charge in [0.2, 0.25) is 0 Å². The van der Waals surface area contributed by atoms with Gasteiger partial charge in [-0.3, -0.25) is 4.79 Å². The van der Waals surface area contributed by atoms with Crippen molar-refractivity contribution in [3.8, 4) is 10.6 Å². The first-order valence-corrected chi connectivity index (χ1v) is 8.52. The summed E-state index contributed by atoms with van der Waals surface area (Å²) in [6, 6.07) is 6.05.